The number of ether oxygens (including phenoxy) is 1. The maximum Gasteiger partial charge on any atom is 0.279 e. The first-order chi connectivity index (χ1) is 11.0. The predicted octanol–water partition coefficient (Wildman–Crippen LogP) is 1.84. The number of anilines is 1. The molecular formula is C19H25N2O2+. The maximum atomic E-state index is 12.1. The van der Waals surface area contributed by atoms with Crippen molar-refractivity contribution >= 4 is 11.6 Å². The lowest BCUT2D eigenvalue weighted by Crippen LogP contribution is -3.10. The molecule has 0 aliphatic rings. The fourth-order valence-corrected chi connectivity index (χ4v) is 2.47. The number of aryl methyl sites for hydroxylation is 2. The van der Waals surface area contributed by atoms with Gasteiger partial charge in [0.15, 0.2) is 6.54 Å². The number of carbonyl (C=O) groups is 1. The molecule has 2 N–H and O–H groups in total. The van der Waals surface area contributed by atoms with Crippen molar-refractivity contribution in [3.05, 3.63) is 59.7 Å². The van der Waals surface area contributed by atoms with Crippen LogP contribution in [0, 0.1) is 13.8 Å². The number of rotatable bonds is 7. The topological polar surface area (TPSA) is 42.8 Å². The van der Waals surface area contributed by atoms with Crippen LogP contribution >= 0.6 is 0 Å². The first kappa shape index (κ1) is 17.0. The van der Waals surface area contributed by atoms with Crippen molar-refractivity contribution in [3.63, 3.8) is 0 Å². The maximum absolute atomic E-state index is 12.1. The highest BCUT2D eigenvalue weighted by molar-refractivity contribution is 5.91. The van der Waals surface area contributed by atoms with Crippen LogP contribution in [-0.2, 0) is 4.79 Å². The molecule has 0 aliphatic carbocycles. The van der Waals surface area contributed by atoms with Gasteiger partial charge in [-0.15, -0.1) is 0 Å². The number of carbonyl (C=O) groups excluding carboxylic acids is 1. The summed E-state index contributed by atoms with van der Waals surface area (Å²) in [5, 5.41) is 2.96. The molecule has 0 fully saturated rings. The van der Waals surface area contributed by atoms with Gasteiger partial charge >= 0.3 is 0 Å². The Labute approximate surface area is 138 Å². The molecule has 4 heteroatoms. The average Bonchev–Trinajstić information content (AvgIpc) is 2.47. The van der Waals surface area contributed by atoms with Gasteiger partial charge in [0.25, 0.3) is 5.91 Å². The normalized spacial score (nSPS) is 11.8. The summed E-state index contributed by atoms with van der Waals surface area (Å²) in [6.45, 7) is 5.84. The summed E-state index contributed by atoms with van der Waals surface area (Å²) in [6, 6.07) is 15.8. The lowest BCUT2D eigenvalue weighted by molar-refractivity contribution is -0.871. The molecule has 4 nitrogen and oxygen atoms in total. The van der Waals surface area contributed by atoms with Crippen molar-refractivity contribution in [1.82, 2.24) is 0 Å². The largest absolute Gasteiger partial charge is 0.488 e. The second-order valence-corrected chi connectivity index (χ2v) is 5.97. The van der Waals surface area contributed by atoms with E-state index in [1.807, 2.05) is 63.4 Å². The second-order valence-electron chi connectivity index (χ2n) is 5.97. The van der Waals surface area contributed by atoms with Crippen molar-refractivity contribution in [1.29, 1.82) is 0 Å². The molecule has 0 heterocycles. The number of hydrogen-bond acceptors (Lipinski definition) is 2. The summed E-state index contributed by atoms with van der Waals surface area (Å²) in [5.41, 5.74) is 3.16. The van der Waals surface area contributed by atoms with Gasteiger partial charge in [0.05, 0.1) is 7.05 Å². The molecule has 0 spiro atoms. The Bertz CT molecular complexity index is 621. The van der Waals surface area contributed by atoms with Crippen LogP contribution in [0.2, 0.25) is 0 Å². The number of hydrogen-bond donors (Lipinski definition) is 2. The lowest BCUT2D eigenvalue weighted by Gasteiger charge is -2.14. The standard InChI is InChI=1S/C19H24N2O2/c1-15-11-16(2)13-17(12-15)20-19(22)14-21(3)9-10-23-18-7-5-4-6-8-18/h4-8,11-13H,9-10,14H2,1-3H3,(H,20,22)/p+1. The van der Waals surface area contributed by atoms with Crippen molar-refractivity contribution in [2.24, 2.45) is 0 Å². The van der Waals surface area contributed by atoms with Gasteiger partial charge in [-0.2, -0.15) is 0 Å². The molecular weight excluding hydrogens is 288 g/mol. The molecule has 0 bridgehead atoms. The highest BCUT2D eigenvalue weighted by Crippen LogP contribution is 2.13. The Morgan fingerprint density at radius 2 is 1.74 bits per heavy atom. The van der Waals surface area contributed by atoms with Gasteiger partial charge < -0.3 is 15.0 Å². The van der Waals surface area contributed by atoms with Crippen LogP contribution in [0.25, 0.3) is 0 Å². The summed E-state index contributed by atoms with van der Waals surface area (Å²) in [7, 11) is 2.00. The molecule has 0 aliphatic heterocycles. The molecule has 122 valence electrons. The van der Waals surface area contributed by atoms with E-state index in [4.69, 9.17) is 4.74 Å². The predicted molar refractivity (Wildman–Crippen MR) is 93.1 cm³/mol. The van der Waals surface area contributed by atoms with E-state index < -0.39 is 0 Å². The van der Waals surface area contributed by atoms with E-state index in [1.54, 1.807) is 0 Å². The summed E-state index contributed by atoms with van der Waals surface area (Å²) < 4.78 is 5.66. The highest BCUT2D eigenvalue weighted by Gasteiger charge is 2.10. The van der Waals surface area contributed by atoms with Crippen LogP contribution in [0.5, 0.6) is 5.75 Å². The summed E-state index contributed by atoms with van der Waals surface area (Å²) in [5.74, 6) is 0.882. The van der Waals surface area contributed by atoms with Crippen molar-refractivity contribution in [2.75, 3.05) is 32.1 Å². The molecule has 0 radical (unpaired) electrons. The first-order valence-electron chi connectivity index (χ1n) is 7.90. The van der Waals surface area contributed by atoms with E-state index >= 15 is 0 Å². The fourth-order valence-electron chi connectivity index (χ4n) is 2.47. The summed E-state index contributed by atoms with van der Waals surface area (Å²) >= 11 is 0. The SMILES string of the molecule is Cc1cc(C)cc(NC(=O)C[NH+](C)CCOc2ccccc2)c1. The van der Waals surface area contributed by atoms with E-state index in [2.05, 4.69) is 11.4 Å². The third kappa shape index (κ3) is 6.12. The van der Waals surface area contributed by atoms with Gasteiger partial charge in [0, 0.05) is 5.69 Å². The van der Waals surface area contributed by atoms with E-state index in [0.29, 0.717) is 13.2 Å². The Balaban J connectivity index is 1.74. The van der Waals surface area contributed by atoms with Crippen molar-refractivity contribution in [2.45, 2.75) is 13.8 Å². The smallest absolute Gasteiger partial charge is 0.279 e. The molecule has 2 rings (SSSR count). The van der Waals surface area contributed by atoms with Gasteiger partial charge in [-0.25, -0.2) is 0 Å². The third-order valence-electron chi connectivity index (χ3n) is 3.51. The summed E-state index contributed by atoms with van der Waals surface area (Å²) in [4.78, 5) is 13.2. The van der Waals surface area contributed by atoms with Crippen LogP contribution in [0.15, 0.2) is 48.5 Å². The molecule has 23 heavy (non-hydrogen) atoms. The van der Waals surface area contributed by atoms with E-state index in [-0.39, 0.29) is 5.91 Å². The molecule has 1 unspecified atom stereocenters. The second kappa shape index (κ2) is 8.34. The molecule has 0 aromatic heterocycles. The molecule has 0 saturated heterocycles. The Morgan fingerprint density at radius 3 is 2.39 bits per heavy atom. The molecule has 0 saturated carbocycles. The monoisotopic (exact) mass is 313 g/mol. The van der Waals surface area contributed by atoms with Crippen LogP contribution < -0.4 is 15.0 Å². The van der Waals surface area contributed by atoms with Crippen LogP contribution in [0.3, 0.4) is 0 Å². The van der Waals surface area contributed by atoms with Gasteiger partial charge in [-0.1, -0.05) is 24.3 Å². The minimum absolute atomic E-state index is 0.0206. The number of amides is 1. The van der Waals surface area contributed by atoms with Gasteiger partial charge in [-0.05, 0) is 49.2 Å². The van der Waals surface area contributed by atoms with E-state index in [9.17, 15) is 4.79 Å². The fraction of sp³-hybridized carbons (Fsp3) is 0.316. The number of quaternary nitrogens is 1. The van der Waals surface area contributed by atoms with Crippen molar-refractivity contribution in [3.8, 4) is 5.75 Å². The van der Waals surface area contributed by atoms with Crippen LogP contribution in [0.4, 0.5) is 5.69 Å². The zero-order valence-corrected chi connectivity index (χ0v) is 14.1. The minimum atomic E-state index is 0.0206. The quantitative estimate of drug-likeness (QED) is 0.819. The lowest BCUT2D eigenvalue weighted by atomic mass is 10.1. The van der Waals surface area contributed by atoms with Crippen molar-refractivity contribution < 1.29 is 14.4 Å². The average molecular weight is 313 g/mol. The number of para-hydroxylation sites is 1. The molecule has 2 aromatic rings. The Morgan fingerprint density at radius 1 is 1.09 bits per heavy atom. The number of likely N-dealkylation sites (N-methyl/N-ethyl adjacent to an activating group) is 1. The molecule has 1 atom stereocenters. The zero-order valence-electron chi connectivity index (χ0n) is 14.1. The highest BCUT2D eigenvalue weighted by atomic mass is 16.5. The van der Waals surface area contributed by atoms with Gasteiger partial charge in [0.2, 0.25) is 0 Å². The van der Waals surface area contributed by atoms with Crippen LogP contribution in [0.1, 0.15) is 11.1 Å². The molecule has 2 aromatic carbocycles. The Hall–Kier alpha value is -2.33. The number of benzene rings is 2. The number of nitrogens with one attached hydrogen (secondary N) is 2. The van der Waals surface area contributed by atoms with E-state index in [1.165, 1.54) is 0 Å². The molecule has 1 amide bonds. The third-order valence-corrected chi connectivity index (χ3v) is 3.51. The first-order valence-corrected chi connectivity index (χ1v) is 7.90. The van der Waals surface area contributed by atoms with E-state index in [0.717, 1.165) is 34.0 Å². The van der Waals surface area contributed by atoms with Gasteiger partial charge in [-0.3, -0.25) is 4.79 Å². The van der Waals surface area contributed by atoms with Crippen LogP contribution in [-0.4, -0.2) is 32.7 Å². The Kier molecular flexibility index (Phi) is 6.18. The summed E-state index contributed by atoms with van der Waals surface area (Å²) in [6.07, 6.45) is 0. The van der Waals surface area contributed by atoms with Gasteiger partial charge in [0.1, 0.15) is 18.9 Å². The zero-order chi connectivity index (χ0) is 16.7. The minimum Gasteiger partial charge on any atom is -0.488 e.